The van der Waals surface area contributed by atoms with Gasteiger partial charge in [0.05, 0.1) is 26.3 Å². The van der Waals surface area contributed by atoms with E-state index in [2.05, 4.69) is 10.6 Å². The first-order valence-corrected chi connectivity index (χ1v) is 16.2. The summed E-state index contributed by atoms with van der Waals surface area (Å²) in [6, 6.07) is 13.8. The summed E-state index contributed by atoms with van der Waals surface area (Å²) in [5.41, 5.74) is 0.685. The molecule has 0 aromatic heterocycles. The van der Waals surface area contributed by atoms with E-state index in [1.165, 1.54) is 6.08 Å². The zero-order valence-electron chi connectivity index (χ0n) is 30.8. The fraction of sp³-hybridized carbons (Fsp3) is 0.526. The molecule has 10 heteroatoms. The summed E-state index contributed by atoms with van der Waals surface area (Å²) >= 11 is 0. The predicted octanol–water partition coefficient (Wildman–Crippen LogP) is 7.57. The molecular weight excluding hydrogens is 612 g/mol. The molecule has 0 aliphatic rings. The van der Waals surface area contributed by atoms with Gasteiger partial charge in [-0.2, -0.15) is 0 Å². The van der Waals surface area contributed by atoms with E-state index in [0.29, 0.717) is 12.8 Å². The Morgan fingerprint density at radius 1 is 0.708 bits per heavy atom. The summed E-state index contributed by atoms with van der Waals surface area (Å²) < 4.78 is 20.8. The molecule has 10 nitrogen and oxygen atoms in total. The van der Waals surface area contributed by atoms with Crippen molar-refractivity contribution >= 4 is 29.8 Å². The smallest absolute Gasteiger partial charge is 0.408 e. The molecule has 2 aromatic carbocycles. The maximum atomic E-state index is 12.5. The third kappa shape index (κ3) is 17.0. The second-order valence-electron chi connectivity index (χ2n) is 14.1. The van der Waals surface area contributed by atoms with Crippen LogP contribution in [0.25, 0.3) is 6.08 Å². The number of methoxy groups -OCH3 is 2. The minimum atomic E-state index is -0.637. The van der Waals surface area contributed by atoms with Crippen LogP contribution in [0.5, 0.6) is 11.5 Å². The van der Waals surface area contributed by atoms with Gasteiger partial charge < -0.3 is 29.6 Å². The number of hydrogen-bond acceptors (Lipinski definition) is 8. The van der Waals surface area contributed by atoms with Crippen LogP contribution in [0, 0.1) is 11.8 Å². The van der Waals surface area contributed by atoms with Gasteiger partial charge in [0.25, 0.3) is 0 Å². The van der Waals surface area contributed by atoms with Crippen molar-refractivity contribution in [1.29, 1.82) is 0 Å². The topological polar surface area (TPSA) is 129 Å². The van der Waals surface area contributed by atoms with Crippen LogP contribution in [0.4, 0.5) is 9.59 Å². The minimum absolute atomic E-state index is 0.00122. The summed E-state index contributed by atoms with van der Waals surface area (Å²) in [4.78, 5) is 48.8. The lowest BCUT2D eigenvalue weighted by Crippen LogP contribution is -2.46. The number of rotatable bonds is 13. The van der Waals surface area contributed by atoms with Gasteiger partial charge in [-0.3, -0.25) is 9.59 Å². The molecule has 2 atom stereocenters. The highest BCUT2D eigenvalue weighted by atomic mass is 16.6. The van der Waals surface area contributed by atoms with Crippen LogP contribution in [0.1, 0.15) is 86.8 Å². The first-order valence-electron chi connectivity index (χ1n) is 16.2. The molecule has 0 aliphatic heterocycles. The van der Waals surface area contributed by atoms with Crippen molar-refractivity contribution in [3.8, 4) is 11.5 Å². The number of ketones is 2. The molecule has 0 saturated heterocycles. The van der Waals surface area contributed by atoms with Crippen LogP contribution >= 0.6 is 0 Å². The van der Waals surface area contributed by atoms with Gasteiger partial charge in [-0.05, 0) is 101 Å². The van der Waals surface area contributed by atoms with Crippen molar-refractivity contribution in [2.24, 2.45) is 11.8 Å². The van der Waals surface area contributed by atoms with Gasteiger partial charge in [-0.15, -0.1) is 0 Å². The van der Waals surface area contributed by atoms with Crippen molar-refractivity contribution in [2.75, 3.05) is 14.2 Å². The van der Waals surface area contributed by atoms with E-state index in [-0.39, 0.29) is 23.4 Å². The maximum Gasteiger partial charge on any atom is 0.408 e. The molecule has 0 radical (unpaired) electrons. The number of alkyl carbamates (subject to hydrolysis) is 2. The number of nitrogens with one attached hydrogen (secondary N) is 2. The number of Topliss-reactive ketones (excluding diaryl/α,β-unsaturated/α-hetero) is 1. The lowest BCUT2D eigenvalue weighted by Gasteiger charge is -2.25. The van der Waals surface area contributed by atoms with E-state index in [4.69, 9.17) is 18.9 Å². The highest BCUT2D eigenvalue weighted by Crippen LogP contribution is 2.17. The lowest BCUT2D eigenvalue weighted by atomic mass is 9.95. The summed E-state index contributed by atoms with van der Waals surface area (Å²) in [7, 11) is 3.21. The zero-order valence-corrected chi connectivity index (χ0v) is 30.8. The Bertz CT molecular complexity index is 1370. The molecule has 2 amide bonds. The Morgan fingerprint density at radius 2 is 1.19 bits per heavy atom. The molecule has 0 bridgehead atoms. The number of aryl methyl sites for hydroxylation is 1. The molecule has 266 valence electrons. The van der Waals surface area contributed by atoms with Crippen molar-refractivity contribution < 1.29 is 38.1 Å². The predicted molar refractivity (Wildman–Crippen MR) is 189 cm³/mol. The van der Waals surface area contributed by atoms with Gasteiger partial charge in [-0.25, -0.2) is 9.59 Å². The maximum absolute atomic E-state index is 12.5. The van der Waals surface area contributed by atoms with E-state index in [1.807, 2.05) is 76.2 Å². The largest absolute Gasteiger partial charge is 0.497 e. The average molecular weight is 669 g/mol. The molecule has 2 N–H and O–H groups in total. The zero-order chi connectivity index (χ0) is 36.7. The number of ether oxygens (including phenoxy) is 4. The molecule has 0 saturated carbocycles. The summed E-state index contributed by atoms with van der Waals surface area (Å²) in [5, 5.41) is 5.34. The number of carbonyl (C=O) groups excluding carboxylic acids is 4. The quantitative estimate of drug-likeness (QED) is 0.209. The molecule has 2 aromatic rings. The molecule has 0 fully saturated rings. The van der Waals surface area contributed by atoms with Crippen LogP contribution in [0.15, 0.2) is 54.6 Å². The number of hydrogen-bond donors (Lipinski definition) is 2. The Kier molecular flexibility index (Phi) is 16.9. The summed E-state index contributed by atoms with van der Waals surface area (Å²) in [6.45, 7) is 18.3. The highest BCUT2D eigenvalue weighted by Gasteiger charge is 2.27. The van der Waals surface area contributed by atoms with Crippen LogP contribution in [0.2, 0.25) is 0 Å². The van der Waals surface area contributed by atoms with Crippen molar-refractivity contribution in [3.63, 3.8) is 0 Å². The minimum Gasteiger partial charge on any atom is -0.497 e. The van der Waals surface area contributed by atoms with E-state index in [0.717, 1.165) is 22.6 Å². The highest BCUT2D eigenvalue weighted by molar-refractivity contribution is 5.99. The van der Waals surface area contributed by atoms with Gasteiger partial charge >= 0.3 is 12.2 Å². The monoisotopic (exact) mass is 668 g/mol. The fourth-order valence-electron chi connectivity index (χ4n) is 4.33. The van der Waals surface area contributed by atoms with Crippen LogP contribution in [-0.2, 0) is 25.5 Å². The Balaban J connectivity index is 0.000000480. The summed E-state index contributed by atoms with van der Waals surface area (Å²) in [5.74, 6) is 1.25. The SMILES string of the molecule is COc1cccc(/C=C/C(=O)C(NC(=O)OC(C)(C)C)C(C)C)c1.COc1cccc(CCC(=O)C(NC(=O)OC(C)(C)C)C(C)C)c1. The summed E-state index contributed by atoms with van der Waals surface area (Å²) in [6.07, 6.45) is 2.98. The van der Waals surface area contributed by atoms with Crippen LogP contribution < -0.4 is 20.1 Å². The first-order chi connectivity index (χ1) is 22.2. The number of amides is 2. The van der Waals surface area contributed by atoms with Gasteiger partial charge in [0.15, 0.2) is 11.6 Å². The number of benzene rings is 2. The van der Waals surface area contributed by atoms with Crippen molar-refractivity contribution in [1.82, 2.24) is 10.6 Å². The normalized spacial score (nSPS) is 12.8. The van der Waals surface area contributed by atoms with E-state index in [9.17, 15) is 19.2 Å². The molecule has 0 heterocycles. The average Bonchev–Trinajstić information content (AvgIpc) is 2.98. The second-order valence-corrected chi connectivity index (χ2v) is 14.1. The first kappa shape index (κ1) is 41.7. The molecule has 2 unspecified atom stereocenters. The van der Waals surface area contributed by atoms with E-state index >= 15 is 0 Å². The molecule has 0 aliphatic carbocycles. The second kappa shape index (κ2) is 19.5. The van der Waals surface area contributed by atoms with Crippen LogP contribution in [0.3, 0.4) is 0 Å². The van der Waals surface area contributed by atoms with Gasteiger partial charge in [-0.1, -0.05) is 58.0 Å². The third-order valence-corrected chi connectivity index (χ3v) is 6.66. The third-order valence-electron chi connectivity index (χ3n) is 6.66. The van der Waals surface area contributed by atoms with Crippen molar-refractivity contribution in [2.45, 2.75) is 105 Å². The standard InChI is InChI=1S/C19H29NO4.C19H27NO4/c2*1-13(2)17(20-18(22)24-19(3,4)5)16(21)11-10-14-8-7-9-15(12-14)23-6/h7-9,12-13,17H,10-11H2,1-6H3,(H,20,22);7-13,17H,1-6H3,(H,20,22)/b;11-10+. The molecule has 0 spiro atoms. The Hall–Kier alpha value is -4.34. The van der Waals surface area contributed by atoms with Gasteiger partial charge in [0.1, 0.15) is 22.7 Å². The van der Waals surface area contributed by atoms with Gasteiger partial charge in [0.2, 0.25) is 0 Å². The van der Waals surface area contributed by atoms with Crippen LogP contribution in [-0.4, -0.2) is 61.3 Å². The van der Waals surface area contributed by atoms with E-state index in [1.54, 1.807) is 61.8 Å². The van der Waals surface area contributed by atoms with E-state index < -0.39 is 35.5 Å². The molecule has 48 heavy (non-hydrogen) atoms. The molecule has 2 rings (SSSR count). The number of carbonyl (C=O) groups is 4. The Labute approximate surface area is 286 Å². The lowest BCUT2D eigenvalue weighted by molar-refractivity contribution is -0.122. The fourth-order valence-corrected chi connectivity index (χ4v) is 4.33. The Morgan fingerprint density at radius 3 is 1.67 bits per heavy atom. The van der Waals surface area contributed by atoms with Crippen molar-refractivity contribution in [3.05, 3.63) is 65.7 Å². The van der Waals surface area contributed by atoms with Gasteiger partial charge in [0, 0.05) is 6.42 Å². The molecular formula is C38H56N2O8.